The van der Waals surface area contributed by atoms with Crippen LogP contribution >= 0.6 is 15.9 Å². The van der Waals surface area contributed by atoms with Crippen LogP contribution < -0.4 is 0 Å². The zero-order valence-electron chi connectivity index (χ0n) is 11.3. The summed E-state index contributed by atoms with van der Waals surface area (Å²) in [7, 11) is 0. The van der Waals surface area contributed by atoms with Crippen LogP contribution in [-0.2, 0) is 13.0 Å². The number of nitrogens with zero attached hydrogens (tertiary/aromatic N) is 2. The van der Waals surface area contributed by atoms with Gasteiger partial charge in [-0.05, 0) is 42.0 Å². The molecule has 3 rings (SSSR count). The number of hydrogen-bond acceptors (Lipinski definition) is 1. The average molecular weight is 317 g/mol. The molecule has 0 bridgehead atoms. The summed E-state index contributed by atoms with van der Waals surface area (Å²) in [6.45, 7) is 5.31. The van der Waals surface area contributed by atoms with Crippen LogP contribution in [0.1, 0.15) is 37.3 Å². The minimum Gasteiger partial charge on any atom is -0.347 e. The Bertz CT molecular complexity index is 676. The lowest BCUT2D eigenvalue weighted by Gasteiger charge is -2.15. The van der Waals surface area contributed by atoms with Crippen molar-refractivity contribution < 1.29 is 0 Å². The van der Waals surface area contributed by atoms with Crippen LogP contribution in [0.3, 0.4) is 0 Å². The lowest BCUT2D eigenvalue weighted by Crippen LogP contribution is -2.06. The van der Waals surface area contributed by atoms with Crippen molar-refractivity contribution >= 4 is 26.8 Å². The lowest BCUT2D eigenvalue weighted by molar-refractivity contribution is 0.584. The zero-order valence-corrected chi connectivity index (χ0v) is 12.9. The van der Waals surface area contributed by atoms with Gasteiger partial charge in [-0.3, -0.25) is 0 Å². The van der Waals surface area contributed by atoms with E-state index in [9.17, 15) is 5.26 Å². The highest BCUT2D eigenvalue weighted by Gasteiger charge is 2.23. The minimum atomic E-state index is -0.0241. The Balaban J connectivity index is 2.31. The van der Waals surface area contributed by atoms with Gasteiger partial charge in [0.15, 0.2) is 0 Å². The first kappa shape index (κ1) is 12.7. The molecule has 0 radical (unpaired) electrons. The molecule has 0 spiro atoms. The molecule has 98 valence electrons. The Morgan fingerprint density at radius 3 is 2.84 bits per heavy atom. The van der Waals surface area contributed by atoms with E-state index in [1.807, 2.05) is 0 Å². The second-order valence-corrected chi connectivity index (χ2v) is 6.61. The number of aromatic nitrogens is 1. The van der Waals surface area contributed by atoms with Gasteiger partial charge in [0.1, 0.15) is 0 Å². The predicted octanol–water partition coefficient (Wildman–Crippen LogP) is 4.61. The molecule has 0 N–H and O–H groups in total. The van der Waals surface area contributed by atoms with E-state index < -0.39 is 0 Å². The molecule has 0 fully saturated rings. The van der Waals surface area contributed by atoms with Gasteiger partial charge in [-0.1, -0.05) is 29.8 Å². The van der Waals surface area contributed by atoms with Crippen LogP contribution in [0.15, 0.2) is 22.8 Å². The lowest BCUT2D eigenvalue weighted by atomic mass is 9.89. The van der Waals surface area contributed by atoms with Crippen molar-refractivity contribution in [3.05, 3.63) is 33.9 Å². The number of benzene rings is 1. The molecule has 3 heteroatoms. The molecular weight excluding hydrogens is 300 g/mol. The topological polar surface area (TPSA) is 28.7 Å². The van der Waals surface area contributed by atoms with Gasteiger partial charge in [0.25, 0.3) is 0 Å². The molecule has 19 heavy (non-hydrogen) atoms. The third-order valence-corrected chi connectivity index (χ3v) is 4.49. The molecular formula is C16H17BrN2. The number of rotatable bonds is 2. The van der Waals surface area contributed by atoms with Crippen molar-refractivity contribution in [3.63, 3.8) is 0 Å². The van der Waals surface area contributed by atoms with Gasteiger partial charge in [-0.2, -0.15) is 5.26 Å². The van der Waals surface area contributed by atoms with E-state index >= 15 is 0 Å². The summed E-state index contributed by atoms with van der Waals surface area (Å²) in [5, 5.41) is 10.7. The van der Waals surface area contributed by atoms with E-state index in [1.54, 1.807) is 0 Å². The fourth-order valence-electron chi connectivity index (χ4n) is 3.15. The van der Waals surface area contributed by atoms with Crippen LogP contribution in [0, 0.1) is 17.2 Å². The van der Waals surface area contributed by atoms with E-state index in [0.29, 0.717) is 5.92 Å². The predicted molar refractivity (Wildman–Crippen MR) is 81.2 cm³/mol. The van der Waals surface area contributed by atoms with Crippen molar-refractivity contribution in [2.45, 2.75) is 39.2 Å². The maximum absolute atomic E-state index is 9.47. The molecule has 2 heterocycles. The fourth-order valence-corrected chi connectivity index (χ4v) is 3.65. The van der Waals surface area contributed by atoms with Gasteiger partial charge in [-0.25, -0.2) is 0 Å². The highest BCUT2D eigenvalue weighted by Crippen LogP contribution is 2.37. The summed E-state index contributed by atoms with van der Waals surface area (Å²) in [4.78, 5) is 0. The first-order valence-electron chi connectivity index (χ1n) is 6.82. The molecule has 2 nitrogen and oxygen atoms in total. The van der Waals surface area contributed by atoms with Crippen LogP contribution in [-0.4, -0.2) is 4.57 Å². The summed E-state index contributed by atoms with van der Waals surface area (Å²) < 4.78 is 3.46. The van der Waals surface area contributed by atoms with Gasteiger partial charge < -0.3 is 4.57 Å². The summed E-state index contributed by atoms with van der Waals surface area (Å²) in [6.07, 6.45) is 4.53. The monoisotopic (exact) mass is 316 g/mol. The maximum atomic E-state index is 9.47. The highest BCUT2D eigenvalue weighted by molar-refractivity contribution is 9.10. The molecule has 1 unspecified atom stereocenters. The van der Waals surface area contributed by atoms with Crippen molar-refractivity contribution in [2.75, 3.05) is 0 Å². The van der Waals surface area contributed by atoms with E-state index in [4.69, 9.17) is 0 Å². The highest BCUT2D eigenvalue weighted by atomic mass is 79.9. The molecule has 0 amide bonds. The molecule has 2 aromatic rings. The van der Waals surface area contributed by atoms with E-state index in [0.717, 1.165) is 17.4 Å². The number of hydrogen-bond donors (Lipinski definition) is 0. The first-order valence-corrected chi connectivity index (χ1v) is 7.62. The van der Waals surface area contributed by atoms with Crippen LogP contribution in [0.2, 0.25) is 0 Å². The molecule has 1 atom stereocenters. The molecule has 0 saturated heterocycles. The molecule has 1 aliphatic rings. The van der Waals surface area contributed by atoms with Gasteiger partial charge in [-0.15, -0.1) is 0 Å². The summed E-state index contributed by atoms with van der Waals surface area (Å²) in [6, 6.07) is 6.87. The largest absolute Gasteiger partial charge is 0.347 e. The van der Waals surface area contributed by atoms with Crippen LogP contribution in [0.4, 0.5) is 0 Å². The second kappa shape index (κ2) is 4.68. The Morgan fingerprint density at radius 2 is 2.16 bits per heavy atom. The number of halogens is 1. The van der Waals surface area contributed by atoms with E-state index in [1.165, 1.54) is 28.5 Å². The smallest absolute Gasteiger partial charge is 0.0756 e. The van der Waals surface area contributed by atoms with E-state index in [-0.39, 0.29) is 5.92 Å². The molecule has 0 saturated carbocycles. The van der Waals surface area contributed by atoms with Crippen molar-refractivity contribution in [3.8, 4) is 6.07 Å². The fraction of sp³-hybridized carbons (Fsp3) is 0.438. The quantitative estimate of drug-likeness (QED) is 0.795. The molecule has 1 aromatic carbocycles. The average Bonchev–Trinajstić information content (AvgIpc) is 2.70. The normalized spacial score (nSPS) is 15.7. The maximum Gasteiger partial charge on any atom is 0.0756 e. The van der Waals surface area contributed by atoms with Crippen LogP contribution in [0.25, 0.3) is 10.9 Å². The molecule has 1 aromatic heterocycles. The number of aryl methyl sites for hydroxylation is 2. The third-order valence-electron chi connectivity index (χ3n) is 4.03. The Kier molecular flexibility index (Phi) is 3.14. The van der Waals surface area contributed by atoms with Gasteiger partial charge in [0.05, 0.1) is 17.5 Å². The molecule has 1 aliphatic heterocycles. The standard InChI is InChI=1S/C16H17BrN2/c1-10(2)14(8-18)15-9-19-5-3-4-11-6-12(17)7-13(15)16(11)19/h6-7,9-10,14H,3-5H2,1-2H3. The minimum absolute atomic E-state index is 0.0241. The second-order valence-electron chi connectivity index (χ2n) is 5.69. The number of nitriles is 1. The SMILES string of the molecule is CC(C)C(C#N)c1cn2c3c(cc(Br)cc13)CCC2. The Labute approximate surface area is 122 Å². The Morgan fingerprint density at radius 1 is 1.37 bits per heavy atom. The third kappa shape index (κ3) is 1.99. The van der Waals surface area contributed by atoms with Crippen LogP contribution in [0.5, 0.6) is 0 Å². The summed E-state index contributed by atoms with van der Waals surface area (Å²) >= 11 is 3.61. The first-order chi connectivity index (χ1) is 9.11. The van der Waals surface area contributed by atoms with Crippen molar-refractivity contribution in [2.24, 2.45) is 5.92 Å². The summed E-state index contributed by atoms with van der Waals surface area (Å²) in [5.74, 6) is 0.316. The van der Waals surface area contributed by atoms with Gasteiger partial charge in [0, 0.05) is 22.6 Å². The van der Waals surface area contributed by atoms with Crippen molar-refractivity contribution in [1.82, 2.24) is 4.57 Å². The Hall–Kier alpha value is -1.27. The molecule has 0 aliphatic carbocycles. The van der Waals surface area contributed by atoms with E-state index in [2.05, 4.69) is 58.7 Å². The van der Waals surface area contributed by atoms with Gasteiger partial charge in [0.2, 0.25) is 0 Å². The van der Waals surface area contributed by atoms with Crippen molar-refractivity contribution in [1.29, 1.82) is 5.26 Å². The summed E-state index contributed by atoms with van der Waals surface area (Å²) in [5.41, 5.74) is 3.93. The van der Waals surface area contributed by atoms with Gasteiger partial charge >= 0.3 is 0 Å². The zero-order chi connectivity index (χ0) is 13.6.